The summed E-state index contributed by atoms with van der Waals surface area (Å²) in [6.45, 7) is 4.94. The fraction of sp³-hybridized carbons (Fsp3) is 0.312. The van der Waals surface area contributed by atoms with E-state index < -0.39 is 6.10 Å². The maximum absolute atomic E-state index is 10.4. The summed E-state index contributed by atoms with van der Waals surface area (Å²) in [7, 11) is 0. The number of ether oxygens (including phenoxy) is 2. The number of benzene rings is 1. The molecule has 1 atom stereocenters. The van der Waals surface area contributed by atoms with Crippen molar-refractivity contribution >= 4 is 15.9 Å². The van der Waals surface area contributed by atoms with E-state index in [2.05, 4.69) is 20.9 Å². The van der Waals surface area contributed by atoms with Crippen LogP contribution < -0.4 is 9.47 Å². The monoisotopic (exact) mass is 351 g/mol. The van der Waals surface area contributed by atoms with Gasteiger partial charge in [-0.2, -0.15) is 0 Å². The molecule has 1 heterocycles. The lowest BCUT2D eigenvalue weighted by Gasteiger charge is -2.15. The molecule has 4 nitrogen and oxygen atoms in total. The van der Waals surface area contributed by atoms with Gasteiger partial charge in [-0.15, -0.1) is 0 Å². The third-order valence-corrected chi connectivity index (χ3v) is 3.38. The van der Waals surface area contributed by atoms with Gasteiger partial charge in [0.25, 0.3) is 0 Å². The number of hydrogen-bond donors (Lipinski definition) is 1. The maximum atomic E-state index is 10.4. The van der Waals surface area contributed by atoms with Crippen molar-refractivity contribution < 1.29 is 14.6 Å². The molecule has 0 amide bonds. The highest BCUT2D eigenvalue weighted by Gasteiger charge is 2.15. The molecule has 2 aromatic rings. The lowest BCUT2D eigenvalue weighted by molar-refractivity contribution is 0.214. The number of nitrogens with zero attached hydrogens (tertiary/aromatic N) is 1. The number of halogens is 1. The Hall–Kier alpha value is -1.59. The molecule has 1 aromatic heterocycles. The Labute approximate surface area is 132 Å². The number of aliphatic hydroxyl groups is 1. The zero-order valence-electron chi connectivity index (χ0n) is 12.0. The third-order valence-electron chi connectivity index (χ3n) is 2.91. The number of aliphatic hydroxyl groups excluding tert-OH is 1. The molecular weight excluding hydrogens is 334 g/mol. The standard InChI is InChI=1S/C16H18BrNO3/c1-3-20-14-8-5-11(9-15(14)21-4-2)16(19)13-7-6-12(17)10-18-13/h5-10,16,19H,3-4H2,1-2H3. The highest BCUT2D eigenvalue weighted by molar-refractivity contribution is 9.10. The molecule has 0 aliphatic carbocycles. The van der Waals surface area contributed by atoms with E-state index in [1.54, 1.807) is 18.3 Å². The SMILES string of the molecule is CCOc1ccc(C(O)c2ccc(Br)cn2)cc1OCC. The van der Waals surface area contributed by atoms with Crippen molar-refractivity contribution in [3.63, 3.8) is 0 Å². The van der Waals surface area contributed by atoms with Gasteiger partial charge in [-0.1, -0.05) is 6.07 Å². The molecule has 5 heteroatoms. The minimum atomic E-state index is -0.798. The summed E-state index contributed by atoms with van der Waals surface area (Å²) in [5.41, 5.74) is 1.31. The first-order valence-corrected chi connectivity index (χ1v) is 7.64. The van der Waals surface area contributed by atoms with Crippen LogP contribution in [-0.2, 0) is 0 Å². The summed E-state index contributed by atoms with van der Waals surface area (Å²) in [6.07, 6.45) is 0.865. The molecule has 0 aliphatic rings. The molecule has 0 aliphatic heterocycles. The number of aromatic nitrogens is 1. The average molecular weight is 352 g/mol. The zero-order valence-corrected chi connectivity index (χ0v) is 13.6. The molecule has 0 bridgehead atoms. The van der Waals surface area contributed by atoms with E-state index in [1.807, 2.05) is 32.0 Å². The van der Waals surface area contributed by atoms with Crippen LogP contribution in [0.2, 0.25) is 0 Å². The van der Waals surface area contributed by atoms with Crippen LogP contribution in [0.25, 0.3) is 0 Å². The molecule has 0 radical (unpaired) electrons. The van der Waals surface area contributed by atoms with Crippen LogP contribution in [0, 0.1) is 0 Å². The third kappa shape index (κ3) is 3.95. The van der Waals surface area contributed by atoms with Gasteiger partial charge in [0.05, 0.1) is 18.9 Å². The first-order valence-electron chi connectivity index (χ1n) is 6.84. The second kappa shape index (κ2) is 7.43. The molecular formula is C16H18BrNO3. The minimum absolute atomic E-state index is 0.538. The molecule has 1 N–H and O–H groups in total. The summed E-state index contributed by atoms with van der Waals surface area (Å²) < 4.78 is 12.0. The van der Waals surface area contributed by atoms with Crippen molar-refractivity contribution in [2.45, 2.75) is 20.0 Å². The second-order valence-electron chi connectivity index (χ2n) is 4.38. The van der Waals surface area contributed by atoms with E-state index in [0.29, 0.717) is 30.4 Å². The summed E-state index contributed by atoms with van der Waals surface area (Å²) in [5.74, 6) is 1.31. The lowest BCUT2D eigenvalue weighted by Crippen LogP contribution is -2.04. The van der Waals surface area contributed by atoms with Crippen molar-refractivity contribution in [1.82, 2.24) is 4.98 Å². The Morgan fingerprint density at radius 2 is 1.81 bits per heavy atom. The summed E-state index contributed by atoms with van der Waals surface area (Å²) in [6, 6.07) is 9.06. The normalized spacial score (nSPS) is 12.0. The molecule has 0 fully saturated rings. The van der Waals surface area contributed by atoms with E-state index in [0.717, 1.165) is 10.0 Å². The topological polar surface area (TPSA) is 51.6 Å². The van der Waals surface area contributed by atoms with Crippen molar-refractivity contribution in [2.24, 2.45) is 0 Å². The van der Waals surface area contributed by atoms with Crippen molar-refractivity contribution in [3.8, 4) is 11.5 Å². The summed E-state index contributed by atoms with van der Waals surface area (Å²) >= 11 is 3.33. The Bertz CT molecular complexity index is 587. The van der Waals surface area contributed by atoms with Crippen molar-refractivity contribution in [1.29, 1.82) is 0 Å². The Morgan fingerprint density at radius 1 is 1.10 bits per heavy atom. The fourth-order valence-electron chi connectivity index (χ4n) is 1.96. The first kappa shape index (κ1) is 15.8. The van der Waals surface area contributed by atoms with Gasteiger partial charge in [0.15, 0.2) is 11.5 Å². The van der Waals surface area contributed by atoms with Crippen LogP contribution in [-0.4, -0.2) is 23.3 Å². The number of hydrogen-bond acceptors (Lipinski definition) is 4. The van der Waals surface area contributed by atoms with Crippen molar-refractivity contribution in [3.05, 3.63) is 52.3 Å². The van der Waals surface area contributed by atoms with Crippen LogP contribution in [0.4, 0.5) is 0 Å². The molecule has 1 unspecified atom stereocenters. The van der Waals surface area contributed by atoms with Gasteiger partial charge in [-0.25, -0.2) is 0 Å². The summed E-state index contributed by atoms with van der Waals surface area (Å²) in [4.78, 5) is 4.22. The fourth-order valence-corrected chi connectivity index (χ4v) is 2.19. The quantitative estimate of drug-likeness (QED) is 0.861. The van der Waals surface area contributed by atoms with Gasteiger partial charge < -0.3 is 14.6 Å². The predicted octanol–water partition coefficient (Wildman–Crippen LogP) is 3.72. The van der Waals surface area contributed by atoms with E-state index in [9.17, 15) is 5.11 Å². The molecule has 0 saturated carbocycles. The highest BCUT2D eigenvalue weighted by Crippen LogP contribution is 2.32. The van der Waals surface area contributed by atoms with Gasteiger partial charge in [-0.05, 0) is 59.6 Å². The highest BCUT2D eigenvalue weighted by atomic mass is 79.9. The Balaban J connectivity index is 2.30. The maximum Gasteiger partial charge on any atom is 0.161 e. The van der Waals surface area contributed by atoms with Gasteiger partial charge in [0, 0.05) is 10.7 Å². The lowest BCUT2D eigenvalue weighted by atomic mass is 10.1. The number of rotatable bonds is 6. The smallest absolute Gasteiger partial charge is 0.161 e. The second-order valence-corrected chi connectivity index (χ2v) is 5.29. The molecule has 1 aromatic carbocycles. The average Bonchev–Trinajstić information content (AvgIpc) is 2.49. The first-order chi connectivity index (χ1) is 10.2. The zero-order chi connectivity index (χ0) is 15.2. The molecule has 0 saturated heterocycles. The van der Waals surface area contributed by atoms with Gasteiger partial charge in [0.2, 0.25) is 0 Å². The van der Waals surface area contributed by atoms with Crippen LogP contribution in [0.1, 0.15) is 31.2 Å². The van der Waals surface area contributed by atoms with E-state index >= 15 is 0 Å². The van der Waals surface area contributed by atoms with Crippen LogP contribution >= 0.6 is 15.9 Å². The molecule has 112 valence electrons. The molecule has 0 spiro atoms. The minimum Gasteiger partial charge on any atom is -0.490 e. The van der Waals surface area contributed by atoms with E-state index in [4.69, 9.17) is 9.47 Å². The van der Waals surface area contributed by atoms with Crippen LogP contribution in [0.5, 0.6) is 11.5 Å². The Kier molecular flexibility index (Phi) is 5.59. The van der Waals surface area contributed by atoms with Gasteiger partial charge in [0.1, 0.15) is 6.10 Å². The van der Waals surface area contributed by atoms with Crippen molar-refractivity contribution in [2.75, 3.05) is 13.2 Å². The number of pyridine rings is 1. The molecule has 2 rings (SSSR count). The van der Waals surface area contributed by atoms with E-state index in [-0.39, 0.29) is 0 Å². The van der Waals surface area contributed by atoms with Gasteiger partial charge in [-0.3, -0.25) is 4.98 Å². The Morgan fingerprint density at radius 3 is 2.43 bits per heavy atom. The summed E-state index contributed by atoms with van der Waals surface area (Å²) in [5, 5.41) is 10.4. The van der Waals surface area contributed by atoms with Crippen LogP contribution in [0.15, 0.2) is 41.0 Å². The predicted molar refractivity (Wildman–Crippen MR) is 84.8 cm³/mol. The van der Waals surface area contributed by atoms with Gasteiger partial charge >= 0.3 is 0 Å². The largest absolute Gasteiger partial charge is 0.490 e. The molecule has 21 heavy (non-hydrogen) atoms. The van der Waals surface area contributed by atoms with E-state index in [1.165, 1.54) is 0 Å². The van der Waals surface area contributed by atoms with Crippen LogP contribution in [0.3, 0.4) is 0 Å².